The highest BCUT2D eigenvalue weighted by Gasteiger charge is 2.31. The zero-order valence-corrected chi connectivity index (χ0v) is 20.5. The predicted molar refractivity (Wildman–Crippen MR) is 130 cm³/mol. The van der Waals surface area contributed by atoms with Gasteiger partial charge in [0.05, 0.1) is 6.04 Å². The van der Waals surface area contributed by atoms with Crippen LogP contribution in [-0.2, 0) is 25.6 Å². The number of carbonyl (C=O) groups is 4. The van der Waals surface area contributed by atoms with Crippen LogP contribution in [0.5, 0.6) is 0 Å². The molecule has 0 aromatic heterocycles. The van der Waals surface area contributed by atoms with Crippen molar-refractivity contribution in [3.05, 3.63) is 35.9 Å². The molecule has 1 rings (SSSR count). The summed E-state index contributed by atoms with van der Waals surface area (Å²) in [6.45, 7) is 7.11. The molecule has 5 unspecified atom stereocenters. The van der Waals surface area contributed by atoms with Crippen LogP contribution < -0.4 is 21.7 Å². The van der Waals surface area contributed by atoms with E-state index < -0.39 is 47.9 Å². The number of benzene rings is 1. The van der Waals surface area contributed by atoms with Gasteiger partial charge in [0, 0.05) is 12.2 Å². The zero-order chi connectivity index (χ0) is 25.1. The van der Waals surface area contributed by atoms with Gasteiger partial charge in [-0.3, -0.25) is 14.4 Å². The van der Waals surface area contributed by atoms with Crippen molar-refractivity contribution in [1.82, 2.24) is 16.0 Å². The van der Waals surface area contributed by atoms with E-state index >= 15 is 0 Å². The highest BCUT2D eigenvalue weighted by atomic mass is 32.1. The van der Waals surface area contributed by atoms with Crippen LogP contribution in [0.4, 0.5) is 0 Å². The average molecular weight is 481 g/mol. The Bertz CT molecular complexity index is 805. The molecule has 3 amide bonds. The van der Waals surface area contributed by atoms with E-state index in [1.165, 1.54) is 0 Å². The summed E-state index contributed by atoms with van der Waals surface area (Å²) in [6, 6.07) is 5.06. The van der Waals surface area contributed by atoms with Gasteiger partial charge < -0.3 is 26.8 Å². The summed E-state index contributed by atoms with van der Waals surface area (Å²) >= 11 is 4.16. The number of carboxylic acid groups (broad SMARTS) is 1. The number of thiol groups is 1. The molecule has 0 spiro atoms. The number of carbonyl (C=O) groups excluding carboxylic acids is 3. The molecule has 33 heavy (non-hydrogen) atoms. The van der Waals surface area contributed by atoms with E-state index in [2.05, 4.69) is 28.6 Å². The van der Waals surface area contributed by atoms with E-state index in [0.29, 0.717) is 6.42 Å². The van der Waals surface area contributed by atoms with Crippen molar-refractivity contribution in [2.75, 3.05) is 5.75 Å². The highest BCUT2D eigenvalue weighted by molar-refractivity contribution is 7.80. The van der Waals surface area contributed by atoms with Gasteiger partial charge in [0.15, 0.2) is 0 Å². The molecule has 0 bridgehead atoms. The van der Waals surface area contributed by atoms with Crippen molar-refractivity contribution in [2.45, 2.75) is 64.7 Å². The molecule has 0 aliphatic heterocycles. The maximum atomic E-state index is 13.0. The van der Waals surface area contributed by atoms with Gasteiger partial charge in [0.2, 0.25) is 17.7 Å². The lowest BCUT2D eigenvalue weighted by Gasteiger charge is -2.26. The van der Waals surface area contributed by atoms with Crippen LogP contribution in [0.15, 0.2) is 30.3 Å². The Labute approximate surface area is 200 Å². The third-order valence-electron chi connectivity index (χ3n) is 5.52. The lowest BCUT2D eigenvalue weighted by molar-refractivity contribution is -0.143. The Kier molecular flexibility index (Phi) is 11.9. The average Bonchev–Trinajstić information content (AvgIpc) is 2.79. The van der Waals surface area contributed by atoms with E-state index in [9.17, 15) is 24.3 Å². The predicted octanol–water partition coefficient (Wildman–Crippen LogP) is 0.727. The number of aliphatic carboxylic acids is 1. The van der Waals surface area contributed by atoms with E-state index in [1.807, 2.05) is 19.9 Å². The Balaban J connectivity index is 3.02. The van der Waals surface area contributed by atoms with Crippen LogP contribution in [0.1, 0.15) is 39.7 Å². The first-order chi connectivity index (χ1) is 15.5. The fourth-order valence-corrected chi connectivity index (χ4v) is 3.33. The minimum absolute atomic E-state index is 0.00573. The first-order valence-electron chi connectivity index (χ1n) is 11.1. The molecule has 1 aromatic carbocycles. The van der Waals surface area contributed by atoms with Crippen LogP contribution >= 0.6 is 12.6 Å². The summed E-state index contributed by atoms with van der Waals surface area (Å²) in [7, 11) is 0. The van der Waals surface area contributed by atoms with E-state index in [0.717, 1.165) is 5.56 Å². The number of amides is 3. The molecule has 5 atom stereocenters. The van der Waals surface area contributed by atoms with Gasteiger partial charge in [-0.15, -0.1) is 0 Å². The summed E-state index contributed by atoms with van der Waals surface area (Å²) in [4.78, 5) is 49.8. The standard InChI is InChI=1S/C23H36N4O5S/c1-5-14(4)18(24)22(30)26-17(12-33)21(29)25-16(11-15-9-7-6-8-10-15)20(28)27-19(13(2)3)23(31)32/h6-10,13-14,16-19,33H,5,11-12,24H2,1-4H3,(H,25,29)(H,26,30)(H,27,28)(H,31,32). The maximum absolute atomic E-state index is 13.0. The summed E-state index contributed by atoms with van der Waals surface area (Å²) in [5, 5.41) is 17.1. The molecule has 9 nitrogen and oxygen atoms in total. The second kappa shape index (κ2) is 13.8. The lowest BCUT2D eigenvalue weighted by Crippen LogP contribution is -2.59. The van der Waals surface area contributed by atoms with Crippen LogP contribution in [0.25, 0.3) is 0 Å². The van der Waals surface area contributed by atoms with Crippen molar-refractivity contribution in [3.8, 4) is 0 Å². The molecule has 0 aliphatic carbocycles. The van der Waals surface area contributed by atoms with Crippen LogP contribution in [0.3, 0.4) is 0 Å². The molecule has 0 aliphatic rings. The monoisotopic (exact) mass is 480 g/mol. The topological polar surface area (TPSA) is 151 Å². The molecule has 0 radical (unpaired) electrons. The molecule has 0 heterocycles. The zero-order valence-electron chi connectivity index (χ0n) is 19.6. The Hall–Kier alpha value is -2.59. The fourth-order valence-electron chi connectivity index (χ4n) is 3.07. The van der Waals surface area contributed by atoms with Crippen molar-refractivity contribution in [1.29, 1.82) is 0 Å². The minimum atomic E-state index is -1.16. The maximum Gasteiger partial charge on any atom is 0.326 e. The summed E-state index contributed by atoms with van der Waals surface area (Å²) in [5.41, 5.74) is 6.73. The Morgan fingerprint density at radius 1 is 0.939 bits per heavy atom. The van der Waals surface area contributed by atoms with Crippen molar-refractivity contribution < 1.29 is 24.3 Å². The molecule has 1 aromatic rings. The third-order valence-corrected chi connectivity index (χ3v) is 5.89. The Morgan fingerprint density at radius 2 is 1.48 bits per heavy atom. The van der Waals surface area contributed by atoms with Gasteiger partial charge >= 0.3 is 5.97 Å². The molecular weight excluding hydrogens is 444 g/mol. The lowest BCUT2D eigenvalue weighted by atomic mass is 9.99. The summed E-state index contributed by atoms with van der Waals surface area (Å²) in [6.07, 6.45) is 0.842. The number of hydrogen-bond donors (Lipinski definition) is 6. The number of nitrogens with one attached hydrogen (secondary N) is 3. The second-order valence-corrected chi connectivity index (χ2v) is 8.84. The quantitative estimate of drug-likeness (QED) is 0.229. The molecular formula is C23H36N4O5S. The van der Waals surface area contributed by atoms with Crippen molar-refractivity contribution in [2.24, 2.45) is 17.6 Å². The molecule has 184 valence electrons. The number of hydrogen-bond acceptors (Lipinski definition) is 6. The molecule has 6 N–H and O–H groups in total. The SMILES string of the molecule is CCC(C)C(N)C(=O)NC(CS)C(=O)NC(Cc1ccccc1)C(=O)NC(C(=O)O)C(C)C. The number of rotatable bonds is 13. The molecule has 0 saturated heterocycles. The van der Waals surface area contributed by atoms with Gasteiger partial charge in [-0.2, -0.15) is 12.6 Å². The van der Waals surface area contributed by atoms with Gasteiger partial charge in [-0.05, 0) is 17.4 Å². The Morgan fingerprint density at radius 3 is 1.97 bits per heavy atom. The fraction of sp³-hybridized carbons (Fsp3) is 0.565. The van der Waals surface area contributed by atoms with Gasteiger partial charge in [0.1, 0.15) is 18.1 Å². The minimum Gasteiger partial charge on any atom is -0.480 e. The highest BCUT2D eigenvalue weighted by Crippen LogP contribution is 2.08. The van der Waals surface area contributed by atoms with E-state index in [-0.39, 0.29) is 24.0 Å². The van der Waals surface area contributed by atoms with Crippen LogP contribution in [0, 0.1) is 11.8 Å². The largest absolute Gasteiger partial charge is 0.480 e. The van der Waals surface area contributed by atoms with Gasteiger partial charge in [-0.25, -0.2) is 4.79 Å². The first kappa shape index (κ1) is 28.4. The van der Waals surface area contributed by atoms with E-state index in [1.54, 1.807) is 38.1 Å². The van der Waals surface area contributed by atoms with Crippen molar-refractivity contribution in [3.63, 3.8) is 0 Å². The summed E-state index contributed by atoms with van der Waals surface area (Å²) in [5.74, 6) is -3.32. The van der Waals surface area contributed by atoms with E-state index in [4.69, 9.17) is 5.73 Å². The normalized spacial score (nSPS) is 15.6. The third kappa shape index (κ3) is 9.05. The molecule has 0 saturated carbocycles. The number of carboxylic acids is 1. The van der Waals surface area contributed by atoms with Gasteiger partial charge in [-0.1, -0.05) is 64.4 Å². The van der Waals surface area contributed by atoms with Crippen molar-refractivity contribution >= 4 is 36.3 Å². The van der Waals surface area contributed by atoms with Gasteiger partial charge in [0.25, 0.3) is 0 Å². The second-order valence-electron chi connectivity index (χ2n) is 8.47. The van der Waals surface area contributed by atoms with Crippen LogP contribution in [0.2, 0.25) is 0 Å². The first-order valence-corrected chi connectivity index (χ1v) is 11.7. The van der Waals surface area contributed by atoms with Crippen LogP contribution in [-0.4, -0.2) is 58.7 Å². The smallest absolute Gasteiger partial charge is 0.326 e. The summed E-state index contributed by atoms with van der Waals surface area (Å²) < 4.78 is 0. The molecule has 10 heteroatoms. The number of nitrogens with two attached hydrogens (primary N) is 1. The molecule has 0 fully saturated rings.